The standard InChI is InChI=1S/C24H26ClF3N4O3/c1-23(2,35-19-7-4-14(25)9-18(19)24(26,27)28)22(34)31-15-10-16-5-6-17(11-15)32(16)20-8-3-13(12-30-20)21(29)33/h3-4,7-9,12,15-17H,5-6,10-11H2,1-2H3,(H2,29,33)(H,31,34)/t15-,16+,17-. The molecule has 0 radical (unpaired) electrons. The molecule has 0 aliphatic carbocycles. The number of benzene rings is 1. The third kappa shape index (κ3) is 5.32. The lowest BCUT2D eigenvalue weighted by molar-refractivity contribution is -0.143. The van der Waals surface area contributed by atoms with Crippen molar-refractivity contribution in [2.75, 3.05) is 4.90 Å². The minimum Gasteiger partial charge on any atom is -0.477 e. The smallest absolute Gasteiger partial charge is 0.420 e. The largest absolute Gasteiger partial charge is 0.477 e. The van der Waals surface area contributed by atoms with Gasteiger partial charge in [0.05, 0.1) is 11.1 Å². The highest BCUT2D eigenvalue weighted by Gasteiger charge is 2.44. The zero-order chi connectivity index (χ0) is 25.5. The normalized spacial score (nSPS) is 22.1. The Bertz CT molecular complexity index is 1110. The van der Waals surface area contributed by atoms with Gasteiger partial charge in [0, 0.05) is 29.3 Å². The van der Waals surface area contributed by atoms with Crippen LogP contribution in [0.4, 0.5) is 19.0 Å². The Morgan fingerprint density at radius 2 is 1.80 bits per heavy atom. The minimum atomic E-state index is -4.68. The average Bonchev–Trinajstić information content (AvgIpc) is 3.04. The number of nitrogens with two attached hydrogens (primary N) is 1. The predicted octanol–water partition coefficient (Wildman–Crippen LogP) is 4.33. The Morgan fingerprint density at radius 1 is 1.14 bits per heavy atom. The number of ether oxygens (including phenoxy) is 1. The van der Waals surface area contributed by atoms with Gasteiger partial charge in [-0.05, 0) is 69.9 Å². The number of anilines is 1. The molecule has 0 unspecified atom stereocenters. The molecule has 2 bridgehead atoms. The summed E-state index contributed by atoms with van der Waals surface area (Å²) >= 11 is 5.73. The summed E-state index contributed by atoms with van der Waals surface area (Å²) in [5, 5.41) is 2.89. The summed E-state index contributed by atoms with van der Waals surface area (Å²) in [5.41, 5.74) is 3.04. The Labute approximate surface area is 205 Å². The van der Waals surface area contributed by atoms with Crippen molar-refractivity contribution in [1.29, 1.82) is 0 Å². The molecule has 188 valence electrons. The lowest BCUT2D eigenvalue weighted by Crippen LogP contribution is -2.55. The highest BCUT2D eigenvalue weighted by atomic mass is 35.5. The number of carbonyl (C=O) groups excluding carboxylic acids is 2. The predicted molar refractivity (Wildman–Crippen MR) is 124 cm³/mol. The molecular weight excluding hydrogens is 485 g/mol. The van der Waals surface area contributed by atoms with Crippen LogP contribution < -0.4 is 20.7 Å². The van der Waals surface area contributed by atoms with Gasteiger partial charge in [0.25, 0.3) is 5.91 Å². The van der Waals surface area contributed by atoms with Gasteiger partial charge in [0.2, 0.25) is 5.91 Å². The van der Waals surface area contributed by atoms with Crippen molar-refractivity contribution in [3.05, 3.63) is 52.7 Å². The molecule has 2 amide bonds. The molecule has 7 nitrogen and oxygen atoms in total. The van der Waals surface area contributed by atoms with E-state index in [1.54, 1.807) is 12.1 Å². The second-order valence-electron chi connectivity index (χ2n) is 9.45. The number of aromatic nitrogens is 1. The SMILES string of the molecule is CC(C)(Oc1ccc(Cl)cc1C(F)(F)F)C(=O)N[C@H]1C[C@H]2CC[C@@H](C1)N2c1ccc(C(N)=O)cn1. The van der Waals surface area contributed by atoms with Crippen LogP contribution >= 0.6 is 11.6 Å². The number of nitrogens with one attached hydrogen (secondary N) is 1. The van der Waals surface area contributed by atoms with E-state index in [9.17, 15) is 22.8 Å². The molecule has 11 heteroatoms. The number of halogens is 4. The van der Waals surface area contributed by atoms with Crippen LogP contribution in [0.5, 0.6) is 5.75 Å². The molecule has 2 saturated heterocycles. The van der Waals surface area contributed by atoms with Gasteiger partial charge in [-0.25, -0.2) is 4.98 Å². The zero-order valence-corrected chi connectivity index (χ0v) is 20.0. The summed E-state index contributed by atoms with van der Waals surface area (Å²) in [6.07, 6.45) is -0.0519. The minimum absolute atomic E-state index is 0.0760. The molecule has 2 aliphatic rings. The number of carbonyl (C=O) groups is 2. The second kappa shape index (κ2) is 9.22. The molecule has 35 heavy (non-hydrogen) atoms. The molecule has 3 heterocycles. The summed E-state index contributed by atoms with van der Waals surface area (Å²) in [7, 11) is 0. The average molecular weight is 511 g/mol. The highest BCUT2D eigenvalue weighted by molar-refractivity contribution is 6.30. The first-order valence-electron chi connectivity index (χ1n) is 11.3. The number of nitrogens with zero attached hydrogens (tertiary/aromatic N) is 2. The van der Waals surface area contributed by atoms with Crippen LogP contribution in [0.1, 0.15) is 55.5 Å². The Hall–Kier alpha value is -3.01. The molecule has 0 spiro atoms. The van der Waals surface area contributed by atoms with Gasteiger partial charge >= 0.3 is 6.18 Å². The lowest BCUT2D eigenvalue weighted by Gasteiger charge is -2.41. The fourth-order valence-electron chi connectivity index (χ4n) is 4.85. The van der Waals surface area contributed by atoms with Crippen molar-refractivity contribution < 1.29 is 27.5 Å². The topological polar surface area (TPSA) is 97.5 Å². The maximum absolute atomic E-state index is 13.4. The molecule has 2 fully saturated rings. The maximum atomic E-state index is 13.4. The van der Waals surface area contributed by atoms with Gasteiger partial charge in [-0.2, -0.15) is 13.2 Å². The number of hydrogen-bond donors (Lipinski definition) is 2. The molecule has 4 rings (SSSR count). The maximum Gasteiger partial charge on any atom is 0.420 e. The van der Waals surface area contributed by atoms with Crippen LogP contribution in [0.15, 0.2) is 36.5 Å². The fraction of sp³-hybridized carbons (Fsp3) is 0.458. The molecule has 2 aromatic rings. The van der Waals surface area contributed by atoms with Crippen molar-refractivity contribution in [3.63, 3.8) is 0 Å². The summed E-state index contributed by atoms with van der Waals surface area (Å²) in [6, 6.07) is 6.73. The van der Waals surface area contributed by atoms with Crippen LogP contribution in [0.2, 0.25) is 5.02 Å². The first-order chi connectivity index (χ1) is 16.3. The van der Waals surface area contributed by atoms with Crippen molar-refractivity contribution in [2.24, 2.45) is 5.73 Å². The summed E-state index contributed by atoms with van der Waals surface area (Å²) in [6.45, 7) is 2.87. The van der Waals surface area contributed by atoms with Crippen molar-refractivity contribution in [2.45, 2.75) is 69.4 Å². The Morgan fingerprint density at radius 3 is 2.34 bits per heavy atom. The molecule has 0 saturated carbocycles. The van der Waals surface area contributed by atoms with Crippen LogP contribution in [-0.2, 0) is 11.0 Å². The van der Waals surface area contributed by atoms with Crippen molar-refractivity contribution >= 4 is 29.2 Å². The van der Waals surface area contributed by atoms with E-state index in [0.717, 1.165) is 30.8 Å². The monoisotopic (exact) mass is 510 g/mol. The number of pyridine rings is 1. The van der Waals surface area contributed by atoms with Gasteiger partial charge in [0.15, 0.2) is 5.60 Å². The van der Waals surface area contributed by atoms with E-state index < -0.39 is 34.9 Å². The van der Waals surface area contributed by atoms with Gasteiger partial charge in [-0.3, -0.25) is 9.59 Å². The fourth-order valence-corrected chi connectivity index (χ4v) is 5.02. The Balaban J connectivity index is 1.43. The molecular formula is C24H26ClF3N4O3. The lowest BCUT2D eigenvalue weighted by atomic mass is 9.96. The van der Waals surface area contributed by atoms with Crippen molar-refractivity contribution in [3.8, 4) is 5.75 Å². The van der Waals surface area contributed by atoms with Gasteiger partial charge in [-0.15, -0.1) is 0 Å². The number of fused-ring (bicyclic) bond motifs is 2. The van der Waals surface area contributed by atoms with Crippen LogP contribution in [0.25, 0.3) is 0 Å². The summed E-state index contributed by atoms with van der Waals surface area (Å²) in [5.74, 6) is -0.748. The van der Waals surface area contributed by atoms with Gasteiger partial charge < -0.3 is 20.7 Å². The molecule has 1 aromatic carbocycles. The van der Waals surface area contributed by atoms with E-state index >= 15 is 0 Å². The molecule has 2 aliphatic heterocycles. The van der Waals surface area contributed by atoms with Gasteiger partial charge in [-0.1, -0.05) is 11.6 Å². The van der Waals surface area contributed by atoms with E-state index in [0.29, 0.717) is 18.4 Å². The third-order valence-electron chi connectivity index (χ3n) is 6.52. The van der Waals surface area contributed by atoms with E-state index in [1.807, 2.05) is 0 Å². The number of primary amides is 1. The molecule has 3 N–H and O–H groups in total. The van der Waals surface area contributed by atoms with Crippen molar-refractivity contribution in [1.82, 2.24) is 10.3 Å². The summed E-state index contributed by atoms with van der Waals surface area (Å²) < 4.78 is 45.9. The first kappa shape index (κ1) is 25.1. The molecule has 1 aromatic heterocycles. The number of piperidine rings is 1. The van der Waals surface area contributed by atoms with Crippen LogP contribution in [0.3, 0.4) is 0 Å². The summed E-state index contributed by atoms with van der Waals surface area (Å²) in [4.78, 5) is 30.9. The second-order valence-corrected chi connectivity index (χ2v) is 9.89. The van der Waals surface area contributed by atoms with Crippen LogP contribution in [0, 0.1) is 0 Å². The number of amides is 2. The zero-order valence-electron chi connectivity index (χ0n) is 19.2. The third-order valence-corrected chi connectivity index (χ3v) is 6.76. The molecule has 3 atom stereocenters. The van der Waals surface area contributed by atoms with E-state index in [4.69, 9.17) is 22.1 Å². The first-order valence-corrected chi connectivity index (χ1v) is 11.6. The van der Waals surface area contributed by atoms with Gasteiger partial charge in [0.1, 0.15) is 11.6 Å². The van der Waals surface area contributed by atoms with E-state index in [1.165, 1.54) is 26.1 Å². The number of hydrogen-bond acceptors (Lipinski definition) is 5. The van der Waals surface area contributed by atoms with E-state index in [2.05, 4.69) is 15.2 Å². The number of rotatable bonds is 6. The Kier molecular flexibility index (Phi) is 6.61. The quantitative estimate of drug-likeness (QED) is 0.603. The highest BCUT2D eigenvalue weighted by Crippen LogP contribution is 2.40. The van der Waals surface area contributed by atoms with Crippen LogP contribution in [-0.4, -0.2) is 40.5 Å². The van der Waals surface area contributed by atoms with E-state index in [-0.39, 0.29) is 23.1 Å². The number of alkyl halides is 3.